The van der Waals surface area contributed by atoms with Crippen molar-refractivity contribution in [2.45, 2.75) is 25.0 Å². The van der Waals surface area contributed by atoms with Gasteiger partial charge >= 0.3 is 0 Å². The molecular formula is C18H19BrN4O. The van der Waals surface area contributed by atoms with E-state index in [0.29, 0.717) is 5.56 Å². The van der Waals surface area contributed by atoms with Gasteiger partial charge in [-0.3, -0.25) is 14.7 Å². The van der Waals surface area contributed by atoms with E-state index >= 15 is 0 Å². The minimum absolute atomic E-state index is 0.00707. The fourth-order valence-corrected chi connectivity index (χ4v) is 3.84. The number of benzene rings is 1. The fraction of sp³-hybridized carbons (Fsp3) is 0.333. The number of amides is 1. The third-order valence-corrected chi connectivity index (χ3v) is 5.31. The highest BCUT2D eigenvalue weighted by molar-refractivity contribution is 9.10. The van der Waals surface area contributed by atoms with Crippen molar-refractivity contribution in [1.82, 2.24) is 15.2 Å². The molecule has 1 aromatic heterocycles. The van der Waals surface area contributed by atoms with Crippen molar-refractivity contribution < 1.29 is 4.79 Å². The molecule has 1 saturated heterocycles. The maximum atomic E-state index is 12.5. The van der Waals surface area contributed by atoms with E-state index in [-0.39, 0.29) is 11.6 Å². The van der Waals surface area contributed by atoms with Gasteiger partial charge < -0.3 is 10.6 Å². The number of aromatic nitrogens is 1. The predicted octanol–water partition coefficient (Wildman–Crippen LogP) is 2.99. The molecule has 1 fully saturated rings. The number of fused-ring (bicyclic) bond motifs is 1. The molecule has 0 atom stereocenters. The summed E-state index contributed by atoms with van der Waals surface area (Å²) in [6.45, 7) is 2.82. The van der Waals surface area contributed by atoms with Crippen LogP contribution in [0.1, 0.15) is 28.8 Å². The summed E-state index contributed by atoms with van der Waals surface area (Å²) < 4.78 is 0.918. The average Bonchev–Trinajstić information content (AvgIpc) is 2.59. The largest absolute Gasteiger partial charge is 0.362 e. The molecule has 4 rings (SSSR count). The first-order valence-corrected chi connectivity index (χ1v) is 8.94. The van der Waals surface area contributed by atoms with Gasteiger partial charge in [-0.2, -0.15) is 0 Å². The number of anilines is 1. The highest BCUT2D eigenvalue weighted by atomic mass is 79.9. The lowest BCUT2D eigenvalue weighted by Gasteiger charge is -2.46. The summed E-state index contributed by atoms with van der Waals surface area (Å²) in [6, 6.07) is 9.92. The molecule has 6 heteroatoms. The first kappa shape index (κ1) is 15.6. The monoisotopic (exact) mass is 386 g/mol. The third kappa shape index (κ3) is 3.03. The van der Waals surface area contributed by atoms with Crippen molar-refractivity contribution in [3.8, 4) is 0 Å². The van der Waals surface area contributed by atoms with Crippen LogP contribution in [0.3, 0.4) is 0 Å². The minimum atomic E-state index is -0.327. The normalized spacial score (nSPS) is 19.5. The molecule has 0 saturated carbocycles. The van der Waals surface area contributed by atoms with Gasteiger partial charge in [0, 0.05) is 55.0 Å². The molecule has 2 aliphatic rings. The standard InChI is InChI=1S/C18H19BrN4O/c19-14-1-2-16-15(11-14)17(24)22-18(21-16)5-9-23(10-6-18)12-13-3-7-20-8-4-13/h1-4,7-8,11,21H,5-6,9-10,12H2,(H,22,24). The Hall–Kier alpha value is -1.92. The lowest BCUT2D eigenvalue weighted by Crippen LogP contribution is -2.62. The highest BCUT2D eigenvalue weighted by Gasteiger charge is 2.40. The highest BCUT2D eigenvalue weighted by Crippen LogP contribution is 2.33. The van der Waals surface area contributed by atoms with Crippen LogP contribution >= 0.6 is 15.9 Å². The topological polar surface area (TPSA) is 57.3 Å². The molecule has 124 valence electrons. The SMILES string of the molecule is O=C1NC2(CCN(Cc3ccncc3)CC2)Nc2ccc(Br)cc21. The number of likely N-dealkylation sites (tertiary alicyclic amines) is 1. The van der Waals surface area contributed by atoms with E-state index in [4.69, 9.17) is 0 Å². The summed E-state index contributed by atoms with van der Waals surface area (Å²) in [5, 5.41) is 6.76. The second-order valence-electron chi connectivity index (χ2n) is 6.48. The van der Waals surface area contributed by atoms with Crippen molar-refractivity contribution in [3.63, 3.8) is 0 Å². The average molecular weight is 387 g/mol. The summed E-state index contributed by atoms with van der Waals surface area (Å²) in [6.07, 6.45) is 5.44. The Balaban J connectivity index is 1.45. The first-order chi connectivity index (χ1) is 11.6. The zero-order chi connectivity index (χ0) is 16.6. The van der Waals surface area contributed by atoms with Gasteiger partial charge in [0.15, 0.2) is 0 Å². The Bertz CT molecular complexity index is 757. The lowest BCUT2D eigenvalue weighted by atomic mass is 9.92. The lowest BCUT2D eigenvalue weighted by molar-refractivity contribution is 0.0822. The van der Waals surface area contributed by atoms with Gasteiger partial charge in [0.1, 0.15) is 5.66 Å². The fourth-order valence-electron chi connectivity index (χ4n) is 3.48. The zero-order valence-electron chi connectivity index (χ0n) is 13.3. The second-order valence-corrected chi connectivity index (χ2v) is 7.40. The van der Waals surface area contributed by atoms with E-state index in [1.807, 2.05) is 30.6 Å². The summed E-state index contributed by atoms with van der Waals surface area (Å²) in [5.74, 6) is 0.00707. The number of nitrogens with one attached hydrogen (secondary N) is 2. The molecule has 0 aliphatic carbocycles. The summed E-state index contributed by atoms with van der Waals surface area (Å²) in [4.78, 5) is 19.0. The summed E-state index contributed by atoms with van der Waals surface area (Å²) in [7, 11) is 0. The first-order valence-electron chi connectivity index (χ1n) is 8.15. The smallest absolute Gasteiger partial charge is 0.255 e. The second kappa shape index (κ2) is 6.18. The van der Waals surface area contributed by atoms with Gasteiger partial charge in [0.25, 0.3) is 5.91 Å². The molecule has 2 N–H and O–H groups in total. The predicted molar refractivity (Wildman–Crippen MR) is 96.7 cm³/mol. The van der Waals surface area contributed by atoms with Gasteiger partial charge in [-0.25, -0.2) is 0 Å². The number of piperidine rings is 1. The van der Waals surface area contributed by atoms with Crippen molar-refractivity contribution >= 4 is 27.5 Å². The Labute approximate surface area is 149 Å². The maximum absolute atomic E-state index is 12.5. The Morgan fingerprint density at radius 3 is 2.62 bits per heavy atom. The number of carbonyl (C=O) groups excluding carboxylic acids is 1. The van der Waals surface area contributed by atoms with Crippen molar-refractivity contribution in [2.75, 3.05) is 18.4 Å². The van der Waals surface area contributed by atoms with E-state index in [1.54, 1.807) is 0 Å². The molecule has 1 spiro atoms. The molecule has 2 aliphatic heterocycles. The number of pyridine rings is 1. The van der Waals surface area contributed by atoms with Crippen molar-refractivity contribution in [3.05, 3.63) is 58.3 Å². The van der Waals surface area contributed by atoms with Crippen LogP contribution in [0.5, 0.6) is 0 Å². The van der Waals surface area contributed by atoms with Crippen LogP contribution < -0.4 is 10.6 Å². The number of hydrogen-bond acceptors (Lipinski definition) is 4. The van der Waals surface area contributed by atoms with Gasteiger partial charge in [-0.15, -0.1) is 0 Å². The molecule has 24 heavy (non-hydrogen) atoms. The zero-order valence-corrected chi connectivity index (χ0v) is 14.8. The van der Waals surface area contributed by atoms with E-state index in [9.17, 15) is 4.79 Å². The summed E-state index contributed by atoms with van der Waals surface area (Å²) in [5.41, 5.74) is 2.57. The Kier molecular flexibility index (Phi) is 4.02. The molecule has 0 bridgehead atoms. The van der Waals surface area contributed by atoms with Gasteiger partial charge in [0.05, 0.1) is 5.56 Å². The maximum Gasteiger partial charge on any atom is 0.255 e. The van der Waals surface area contributed by atoms with Crippen LogP contribution in [-0.4, -0.2) is 34.5 Å². The molecule has 2 aromatic rings. The van der Waals surface area contributed by atoms with Crippen LogP contribution in [0.4, 0.5) is 5.69 Å². The van der Waals surface area contributed by atoms with Crippen LogP contribution in [0.2, 0.25) is 0 Å². The third-order valence-electron chi connectivity index (χ3n) is 4.82. The molecule has 0 unspecified atom stereocenters. The number of halogens is 1. The molecule has 1 amide bonds. The Morgan fingerprint density at radius 1 is 1.12 bits per heavy atom. The Morgan fingerprint density at radius 2 is 1.88 bits per heavy atom. The number of rotatable bonds is 2. The molecule has 3 heterocycles. The van der Waals surface area contributed by atoms with Crippen molar-refractivity contribution in [1.29, 1.82) is 0 Å². The number of nitrogens with zero attached hydrogens (tertiary/aromatic N) is 2. The van der Waals surface area contributed by atoms with E-state index < -0.39 is 0 Å². The van der Waals surface area contributed by atoms with Crippen LogP contribution in [-0.2, 0) is 6.54 Å². The van der Waals surface area contributed by atoms with Crippen LogP contribution in [0, 0.1) is 0 Å². The van der Waals surface area contributed by atoms with E-state index in [0.717, 1.165) is 42.6 Å². The van der Waals surface area contributed by atoms with E-state index in [1.165, 1.54) is 5.56 Å². The van der Waals surface area contributed by atoms with Gasteiger partial charge in [0.2, 0.25) is 0 Å². The molecular weight excluding hydrogens is 368 g/mol. The molecule has 0 radical (unpaired) electrons. The quantitative estimate of drug-likeness (QED) is 0.832. The number of hydrogen-bond donors (Lipinski definition) is 2. The number of carbonyl (C=O) groups is 1. The van der Waals surface area contributed by atoms with Gasteiger partial charge in [-0.05, 0) is 35.9 Å². The molecule has 1 aromatic carbocycles. The van der Waals surface area contributed by atoms with Gasteiger partial charge in [-0.1, -0.05) is 15.9 Å². The van der Waals surface area contributed by atoms with Crippen molar-refractivity contribution in [2.24, 2.45) is 0 Å². The van der Waals surface area contributed by atoms with E-state index in [2.05, 4.69) is 48.6 Å². The van der Waals surface area contributed by atoms with Crippen LogP contribution in [0.15, 0.2) is 47.2 Å². The van der Waals surface area contributed by atoms with Crippen LogP contribution in [0.25, 0.3) is 0 Å². The summed E-state index contributed by atoms with van der Waals surface area (Å²) >= 11 is 3.43. The minimum Gasteiger partial charge on any atom is -0.362 e. The molecule has 5 nitrogen and oxygen atoms in total.